The molecule has 0 unspecified atom stereocenters. The van der Waals surface area contributed by atoms with Crippen molar-refractivity contribution >= 4 is 33.7 Å². The van der Waals surface area contributed by atoms with Gasteiger partial charge in [-0.05, 0) is 0 Å². The van der Waals surface area contributed by atoms with Crippen LogP contribution in [0.2, 0.25) is 9.26 Å². The van der Waals surface area contributed by atoms with Gasteiger partial charge in [-0.25, -0.2) is 0 Å². The number of rotatable bonds is 2. The molecule has 46 heavy (non-hydrogen) atoms. The van der Waals surface area contributed by atoms with Crippen molar-refractivity contribution in [2.45, 2.75) is 33.1 Å². The van der Waals surface area contributed by atoms with E-state index in [0.717, 1.165) is 12.8 Å². The van der Waals surface area contributed by atoms with E-state index in [2.05, 4.69) is 101 Å². The van der Waals surface area contributed by atoms with Crippen LogP contribution in [-0.2, 0) is 50.5 Å². The van der Waals surface area contributed by atoms with E-state index in [9.17, 15) is 26.3 Å². The van der Waals surface area contributed by atoms with Gasteiger partial charge in [-0.1, -0.05) is 0 Å². The van der Waals surface area contributed by atoms with Gasteiger partial charge in [-0.15, -0.1) is 0 Å². The van der Waals surface area contributed by atoms with Crippen molar-refractivity contribution in [2.75, 3.05) is 0 Å². The van der Waals surface area contributed by atoms with Crippen molar-refractivity contribution in [3.63, 3.8) is 0 Å². The molecular weight excluding hydrogens is 754 g/mol. The molecule has 2 aliphatic rings. The Labute approximate surface area is 264 Å². The van der Waals surface area contributed by atoms with Gasteiger partial charge in [0.25, 0.3) is 0 Å². The summed E-state index contributed by atoms with van der Waals surface area (Å²) in [7, 11) is -11.7. The molecule has 6 rings (SSSR count). The molecule has 0 aliphatic heterocycles. The van der Waals surface area contributed by atoms with Crippen molar-refractivity contribution in [1.82, 2.24) is 0 Å². The molecule has 0 heterocycles. The normalized spacial score (nSPS) is 14.1. The second-order valence-electron chi connectivity index (χ2n) is 11.9. The van der Waals surface area contributed by atoms with E-state index in [4.69, 9.17) is 25.9 Å². The van der Waals surface area contributed by atoms with Gasteiger partial charge in [0.2, 0.25) is 0 Å². The van der Waals surface area contributed by atoms with Crippen molar-refractivity contribution < 1.29 is 69.7 Å². The fourth-order valence-corrected chi connectivity index (χ4v) is 19.5. The number of benzene rings is 4. The third kappa shape index (κ3) is 7.12. The zero-order chi connectivity index (χ0) is 34.5. The van der Waals surface area contributed by atoms with Crippen LogP contribution in [0, 0.1) is 0 Å². The van der Waals surface area contributed by atoms with E-state index in [-0.39, 0.29) is 0 Å². The van der Waals surface area contributed by atoms with Crippen molar-refractivity contribution in [3.05, 3.63) is 107 Å². The second kappa shape index (κ2) is 12.1. The van der Waals surface area contributed by atoms with Crippen molar-refractivity contribution in [3.8, 4) is 22.3 Å². The van der Waals surface area contributed by atoms with Crippen LogP contribution in [0.1, 0.15) is 22.3 Å². The van der Waals surface area contributed by atoms with Gasteiger partial charge in [-0.3, -0.25) is 9.11 Å². The number of halogens is 6. The summed E-state index contributed by atoms with van der Waals surface area (Å²) in [5.41, 5.74) is 0.904. The molecule has 246 valence electrons. The Hall–Kier alpha value is -2.62. The molecule has 0 aromatic heterocycles. The van der Waals surface area contributed by atoms with Crippen LogP contribution in [-0.4, -0.2) is 43.8 Å². The maximum atomic E-state index is 10.7. The molecule has 0 amide bonds. The topological polar surface area (TPSA) is 109 Å². The molecule has 0 atom stereocenters. The average Bonchev–Trinajstić information content (AvgIpc) is 3.49. The Kier molecular flexibility index (Phi) is 9.54. The molecule has 4 aromatic carbocycles. The maximum absolute atomic E-state index is 10.7. The van der Waals surface area contributed by atoms with E-state index in [1.165, 1.54) is 33.4 Å². The van der Waals surface area contributed by atoms with Gasteiger partial charge in [0.15, 0.2) is 0 Å². The summed E-state index contributed by atoms with van der Waals surface area (Å²) in [5.74, 6) is 0. The van der Waals surface area contributed by atoms with Gasteiger partial charge < -0.3 is 0 Å². The first-order chi connectivity index (χ1) is 20.9. The summed E-state index contributed by atoms with van der Waals surface area (Å²) >= 11 is -3.43. The zero-order valence-electron chi connectivity index (χ0n) is 24.3. The fourth-order valence-electron chi connectivity index (χ4n) is 5.96. The molecule has 4 aromatic rings. The summed E-state index contributed by atoms with van der Waals surface area (Å²) in [6.07, 6.45) is 2.17. The van der Waals surface area contributed by atoms with Crippen LogP contribution >= 0.6 is 0 Å². The van der Waals surface area contributed by atoms with E-state index in [1.807, 2.05) is 0 Å². The predicted octanol–water partition coefficient (Wildman–Crippen LogP) is 5.90. The van der Waals surface area contributed by atoms with Crippen LogP contribution < -0.4 is 6.54 Å². The summed E-state index contributed by atoms with van der Waals surface area (Å²) in [6.45, 7) is 2.36. The Morgan fingerprint density at radius 2 is 0.848 bits per heavy atom. The standard InChI is InChI=1S/2C13H9.2CHF3O3S.2CH3.H2Si.Zr/c2*1-3-7-12-10(5-1)9-11-6-2-4-8-13(11)12;2*2-1(3,4)8(5,6)7;;;;/h2*1-5,7-8H,9H2;2*(H,5,6,7);2*1H3;1H2;. The Morgan fingerprint density at radius 3 is 1.15 bits per heavy atom. The SMILES string of the molecule is O=S(=O)(O)C(F)(F)F.O=S(=O)(O)C(F)(F)F.[CH3][Zr]([CH3])(=[SiH2])([c]1cccc2c1Cc1ccccc1-2)[c]1cccc2c1Cc1ccccc1-2. The number of alkyl halides is 6. The molecule has 0 saturated heterocycles. The number of hydrogen-bond donors (Lipinski definition) is 2. The molecule has 0 bridgehead atoms. The second-order valence-corrected chi connectivity index (χ2v) is 43.1. The number of hydrogen-bond acceptors (Lipinski definition) is 4. The third-order valence-corrected chi connectivity index (χ3v) is 24.5. The Balaban J connectivity index is 0.000000250. The monoisotopic (exact) mass is 780 g/mol. The minimum absolute atomic E-state index is 1.08. The van der Waals surface area contributed by atoms with Crippen LogP contribution in [0.5, 0.6) is 0 Å². The van der Waals surface area contributed by atoms with Gasteiger partial charge in [0.1, 0.15) is 0 Å². The quantitative estimate of drug-likeness (QED) is 0.0981. The van der Waals surface area contributed by atoms with Gasteiger partial charge in [0.05, 0.1) is 0 Å². The molecule has 6 nitrogen and oxygen atoms in total. The van der Waals surface area contributed by atoms with Gasteiger partial charge >= 0.3 is 214 Å². The summed E-state index contributed by atoms with van der Waals surface area (Å²) in [6, 6.07) is 32.2. The first-order valence-electron chi connectivity index (χ1n) is 13.5. The summed E-state index contributed by atoms with van der Waals surface area (Å²) in [4.78, 5) is 0. The minimum atomic E-state index is -5.84. The predicted molar refractivity (Wildman–Crippen MR) is 164 cm³/mol. The molecule has 0 saturated carbocycles. The van der Waals surface area contributed by atoms with Crippen LogP contribution in [0.15, 0.2) is 84.9 Å². The van der Waals surface area contributed by atoms with E-state index < -0.39 is 48.7 Å². The Bertz CT molecular complexity index is 1980. The van der Waals surface area contributed by atoms with Crippen LogP contribution in [0.3, 0.4) is 0 Å². The van der Waals surface area contributed by atoms with E-state index in [1.54, 1.807) is 17.7 Å². The average molecular weight is 782 g/mol. The zero-order valence-corrected chi connectivity index (χ0v) is 29.8. The summed E-state index contributed by atoms with van der Waals surface area (Å²) < 4.78 is 124. The van der Waals surface area contributed by atoms with Crippen LogP contribution in [0.25, 0.3) is 22.3 Å². The molecular formula is C30H28F6O6S2SiZr. The first kappa shape index (κ1) is 36.2. The van der Waals surface area contributed by atoms with E-state index in [0.29, 0.717) is 0 Å². The molecule has 0 fully saturated rings. The van der Waals surface area contributed by atoms with Gasteiger partial charge in [-0.2, -0.15) is 43.2 Å². The molecule has 16 heteroatoms. The van der Waals surface area contributed by atoms with Crippen LogP contribution in [0.4, 0.5) is 26.3 Å². The van der Waals surface area contributed by atoms with Gasteiger partial charge in [0, 0.05) is 0 Å². The molecule has 2 aliphatic carbocycles. The third-order valence-electron chi connectivity index (χ3n) is 8.01. The fraction of sp³-hybridized carbons (Fsp3) is 0.200. The molecule has 0 spiro atoms. The molecule has 2 N–H and O–H groups in total. The molecule has 0 radical (unpaired) electrons. The number of fused-ring (bicyclic) bond motifs is 6. The summed E-state index contributed by atoms with van der Waals surface area (Å²) in [5, 5.41) is 0. The first-order valence-corrected chi connectivity index (χ1v) is 29.7. The van der Waals surface area contributed by atoms with Crippen molar-refractivity contribution in [2.24, 2.45) is 0 Å². The van der Waals surface area contributed by atoms with Crippen molar-refractivity contribution in [1.29, 1.82) is 0 Å². The van der Waals surface area contributed by atoms with E-state index >= 15 is 0 Å². The Morgan fingerprint density at radius 1 is 0.565 bits per heavy atom.